The average Bonchev–Trinajstić information content (AvgIpc) is 2.70. The predicted octanol–water partition coefficient (Wildman–Crippen LogP) is 6.75. The lowest BCUT2D eigenvalue weighted by Crippen LogP contribution is -2.18. The van der Waals surface area contributed by atoms with Crippen LogP contribution in [0.5, 0.6) is 5.75 Å². The Bertz CT molecular complexity index is 1070. The molecule has 0 spiro atoms. The maximum Gasteiger partial charge on any atom is 0.272 e. The second-order valence-corrected chi connectivity index (χ2v) is 8.00. The van der Waals surface area contributed by atoms with E-state index in [-0.39, 0.29) is 12.5 Å². The minimum absolute atomic E-state index is 0.280. The van der Waals surface area contributed by atoms with Crippen molar-refractivity contribution in [3.63, 3.8) is 0 Å². The number of rotatable bonds is 6. The van der Waals surface area contributed by atoms with Crippen LogP contribution in [0.3, 0.4) is 0 Å². The summed E-state index contributed by atoms with van der Waals surface area (Å²) in [5.41, 5.74) is 4.45. The van der Waals surface area contributed by atoms with Gasteiger partial charge in [-0.2, -0.15) is 5.10 Å². The van der Waals surface area contributed by atoms with E-state index in [1.807, 2.05) is 12.1 Å². The summed E-state index contributed by atoms with van der Waals surface area (Å²) in [6, 6.07) is 17.5. The van der Waals surface area contributed by atoms with Gasteiger partial charge in [-0.15, -0.1) is 0 Å². The fourth-order valence-electron chi connectivity index (χ4n) is 2.41. The monoisotopic (exact) mass is 510 g/mol. The number of hydrogen-bond donors (Lipinski definition) is 1. The standard InChI is InChI=1S/C21H14BrCl3N2O2/c22-17-4-2-1-3-16(17)21(28)27-26-11-14-10-15(23)6-8-20(14)29-12-13-5-7-18(24)19(25)9-13/h1-11H,12H2,(H,27,28)/b26-11+. The van der Waals surface area contributed by atoms with E-state index in [4.69, 9.17) is 39.5 Å². The third-order valence-electron chi connectivity index (χ3n) is 3.84. The summed E-state index contributed by atoms with van der Waals surface area (Å²) in [5.74, 6) is 0.216. The van der Waals surface area contributed by atoms with E-state index < -0.39 is 0 Å². The maximum absolute atomic E-state index is 12.2. The molecular formula is C21H14BrCl3N2O2. The molecule has 148 valence electrons. The molecule has 0 saturated carbocycles. The van der Waals surface area contributed by atoms with Gasteiger partial charge in [0.1, 0.15) is 12.4 Å². The van der Waals surface area contributed by atoms with E-state index in [2.05, 4.69) is 26.5 Å². The molecule has 0 aromatic heterocycles. The highest BCUT2D eigenvalue weighted by atomic mass is 79.9. The van der Waals surface area contributed by atoms with Gasteiger partial charge in [-0.25, -0.2) is 5.43 Å². The summed E-state index contributed by atoms with van der Waals surface area (Å²) < 4.78 is 6.54. The van der Waals surface area contributed by atoms with E-state index in [0.717, 1.165) is 5.56 Å². The minimum atomic E-state index is -0.339. The number of hydrazone groups is 1. The Balaban J connectivity index is 1.71. The van der Waals surface area contributed by atoms with Crippen LogP contribution in [-0.2, 0) is 6.61 Å². The van der Waals surface area contributed by atoms with Crippen LogP contribution in [0, 0.1) is 0 Å². The van der Waals surface area contributed by atoms with Gasteiger partial charge in [-0.3, -0.25) is 4.79 Å². The van der Waals surface area contributed by atoms with E-state index in [1.165, 1.54) is 6.21 Å². The Hall–Kier alpha value is -2.05. The van der Waals surface area contributed by atoms with Gasteiger partial charge in [0, 0.05) is 15.1 Å². The fourth-order valence-corrected chi connectivity index (χ4v) is 3.37. The molecule has 4 nitrogen and oxygen atoms in total. The quantitative estimate of drug-likeness (QED) is 0.293. The van der Waals surface area contributed by atoms with E-state index in [0.29, 0.717) is 36.4 Å². The molecule has 1 amide bonds. The SMILES string of the molecule is O=C(N/N=C/c1cc(Cl)ccc1OCc1ccc(Cl)c(Cl)c1)c1ccccc1Br. The Labute approximate surface area is 191 Å². The van der Waals surface area contributed by atoms with Gasteiger partial charge in [-0.05, 0) is 64.0 Å². The van der Waals surface area contributed by atoms with Crippen LogP contribution in [0.2, 0.25) is 15.1 Å². The Morgan fingerprint density at radius 2 is 1.83 bits per heavy atom. The lowest BCUT2D eigenvalue weighted by Gasteiger charge is -2.10. The van der Waals surface area contributed by atoms with Crippen LogP contribution in [0.15, 0.2) is 70.2 Å². The van der Waals surface area contributed by atoms with Crippen molar-refractivity contribution >= 4 is 62.9 Å². The van der Waals surface area contributed by atoms with E-state index in [1.54, 1.807) is 48.5 Å². The van der Waals surface area contributed by atoms with Gasteiger partial charge in [0.2, 0.25) is 0 Å². The predicted molar refractivity (Wildman–Crippen MR) is 121 cm³/mol. The number of amides is 1. The van der Waals surface area contributed by atoms with Gasteiger partial charge in [-0.1, -0.05) is 53.0 Å². The van der Waals surface area contributed by atoms with Crippen LogP contribution in [-0.4, -0.2) is 12.1 Å². The molecule has 0 radical (unpaired) electrons. The molecule has 0 bridgehead atoms. The number of benzene rings is 3. The third-order valence-corrected chi connectivity index (χ3v) is 5.50. The van der Waals surface area contributed by atoms with Crippen molar-refractivity contribution in [2.24, 2.45) is 5.10 Å². The van der Waals surface area contributed by atoms with E-state index >= 15 is 0 Å². The van der Waals surface area contributed by atoms with Crippen LogP contribution >= 0.6 is 50.7 Å². The van der Waals surface area contributed by atoms with Crippen molar-refractivity contribution < 1.29 is 9.53 Å². The van der Waals surface area contributed by atoms with Gasteiger partial charge in [0.05, 0.1) is 21.8 Å². The molecular weight excluding hydrogens is 499 g/mol. The molecule has 8 heteroatoms. The normalized spacial score (nSPS) is 10.9. The zero-order valence-electron chi connectivity index (χ0n) is 14.8. The van der Waals surface area contributed by atoms with Crippen LogP contribution in [0.1, 0.15) is 21.5 Å². The maximum atomic E-state index is 12.2. The molecule has 0 aliphatic rings. The Kier molecular flexibility index (Phi) is 7.56. The number of ether oxygens (including phenoxy) is 1. The summed E-state index contributed by atoms with van der Waals surface area (Å²) in [6.45, 7) is 0.280. The lowest BCUT2D eigenvalue weighted by atomic mass is 10.2. The first kappa shape index (κ1) is 21.7. The molecule has 29 heavy (non-hydrogen) atoms. The van der Waals surface area contributed by atoms with E-state index in [9.17, 15) is 4.79 Å². The molecule has 0 saturated heterocycles. The van der Waals surface area contributed by atoms with Gasteiger partial charge in [0.15, 0.2) is 0 Å². The molecule has 3 rings (SSSR count). The molecule has 1 N–H and O–H groups in total. The summed E-state index contributed by atoms with van der Waals surface area (Å²) in [4.78, 5) is 12.2. The Morgan fingerprint density at radius 1 is 1.03 bits per heavy atom. The van der Waals surface area contributed by atoms with Gasteiger partial charge >= 0.3 is 0 Å². The summed E-state index contributed by atoms with van der Waals surface area (Å²) >= 11 is 21.4. The number of carbonyl (C=O) groups is 1. The van der Waals surface area contributed by atoms with Crippen molar-refractivity contribution in [3.05, 3.63) is 96.9 Å². The number of nitrogens with one attached hydrogen (secondary N) is 1. The highest BCUT2D eigenvalue weighted by Gasteiger charge is 2.09. The van der Waals surface area contributed by atoms with Crippen molar-refractivity contribution in [2.45, 2.75) is 6.61 Å². The second kappa shape index (κ2) is 10.1. The molecule has 0 unspecified atom stereocenters. The summed E-state index contributed by atoms with van der Waals surface area (Å²) in [5, 5.41) is 5.48. The number of nitrogens with zero attached hydrogens (tertiary/aromatic N) is 1. The first-order valence-corrected chi connectivity index (χ1v) is 10.3. The highest BCUT2D eigenvalue weighted by Crippen LogP contribution is 2.25. The summed E-state index contributed by atoms with van der Waals surface area (Å²) in [7, 11) is 0. The van der Waals surface area contributed by atoms with Crippen LogP contribution in [0.4, 0.5) is 0 Å². The third kappa shape index (κ3) is 5.97. The minimum Gasteiger partial charge on any atom is -0.488 e. The van der Waals surface area contributed by atoms with Gasteiger partial charge in [0.25, 0.3) is 5.91 Å². The first-order chi connectivity index (χ1) is 13.9. The van der Waals surface area contributed by atoms with Crippen LogP contribution in [0.25, 0.3) is 0 Å². The fraction of sp³-hybridized carbons (Fsp3) is 0.0476. The first-order valence-electron chi connectivity index (χ1n) is 8.38. The second-order valence-electron chi connectivity index (χ2n) is 5.90. The molecule has 0 heterocycles. The molecule has 0 fully saturated rings. The number of halogens is 4. The van der Waals surface area contributed by atoms with Crippen molar-refractivity contribution in [2.75, 3.05) is 0 Å². The highest BCUT2D eigenvalue weighted by molar-refractivity contribution is 9.10. The average molecular weight is 513 g/mol. The van der Waals surface area contributed by atoms with Crippen molar-refractivity contribution in [1.29, 1.82) is 0 Å². The number of hydrogen-bond acceptors (Lipinski definition) is 3. The summed E-state index contributed by atoms with van der Waals surface area (Å²) in [6.07, 6.45) is 1.48. The zero-order chi connectivity index (χ0) is 20.8. The topological polar surface area (TPSA) is 50.7 Å². The number of carbonyl (C=O) groups excluding carboxylic acids is 1. The van der Waals surface area contributed by atoms with Crippen molar-refractivity contribution in [1.82, 2.24) is 5.43 Å². The van der Waals surface area contributed by atoms with Crippen molar-refractivity contribution in [3.8, 4) is 5.75 Å². The molecule has 3 aromatic rings. The van der Waals surface area contributed by atoms with Crippen LogP contribution < -0.4 is 10.2 Å². The molecule has 0 aliphatic heterocycles. The lowest BCUT2D eigenvalue weighted by molar-refractivity contribution is 0.0954. The molecule has 0 atom stereocenters. The molecule has 0 aliphatic carbocycles. The smallest absolute Gasteiger partial charge is 0.272 e. The largest absolute Gasteiger partial charge is 0.488 e. The molecule has 3 aromatic carbocycles. The Morgan fingerprint density at radius 3 is 2.59 bits per heavy atom. The zero-order valence-corrected chi connectivity index (χ0v) is 18.7. The van der Waals surface area contributed by atoms with Gasteiger partial charge < -0.3 is 4.74 Å².